The van der Waals surface area contributed by atoms with Gasteiger partial charge in [0.25, 0.3) is 0 Å². The van der Waals surface area contributed by atoms with Gasteiger partial charge in [-0.1, -0.05) is 29.3 Å². The van der Waals surface area contributed by atoms with Crippen LogP contribution in [0.2, 0.25) is 10.0 Å². The molecule has 0 aromatic heterocycles. The van der Waals surface area contributed by atoms with Gasteiger partial charge in [-0.25, -0.2) is 4.39 Å². The van der Waals surface area contributed by atoms with Crippen molar-refractivity contribution in [2.24, 2.45) is 0 Å². The van der Waals surface area contributed by atoms with Gasteiger partial charge in [0.05, 0.1) is 27.2 Å². The average Bonchev–Trinajstić information content (AvgIpc) is 2.82. The second kappa shape index (κ2) is 6.78. The molecular formula is C18H17Cl2FN2O3. The number of nitrogens with zero attached hydrogens (tertiary/aromatic N) is 1. The molecule has 2 aromatic carbocycles. The summed E-state index contributed by atoms with van der Waals surface area (Å²) in [6.45, 7) is 3.22. The number of aromatic hydroxyl groups is 2. The summed E-state index contributed by atoms with van der Waals surface area (Å²) in [6.07, 6.45) is 0. The fraction of sp³-hybridized carbons (Fsp3) is 0.333. The smallest absolute Gasteiger partial charge is 0.146 e. The number of fused-ring (bicyclic) bond motifs is 2. The predicted molar refractivity (Wildman–Crippen MR) is 97.7 cm³/mol. The number of benzene rings is 2. The fourth-order valence-corrected chi connectivity index (χ4v) is 4.24. The third kappa shape index (κ3) is 2.77. The van der Waals surface area contributed by atoms with Crippen molar-refractivity contribution in [3.05, 3.63) is 39.6 Å². The second-order valence-corrected chi connectivity index (χ2v) is 7.19. The van der Waals surface area contributed by atoms with Crippen LogP contribution in [-0.4, -0.2) is 47.4 Å². The molecule has 2 heterocycles. The number of rotatable bonds is 1. The summed E-state index contributed by atoms with van der Waals surface area (Å²) in [5.74, 6) is -0.935. The molecule has 2 aromatic rings. The maximum atomic E-state index is 14.4. The Labute approximate surface area is 159 Å². The highest BCUT2D eigenvalue weighted by Gasteiger charge is 2.33. The van der Waals surface area contributed by atoms with Crippen LogP contribution in [0.1, 0.15) is 5.56 Å². The molecule has 1 saturated heterocycles. The van der Waals surface area contributed by atoms with Gasteiger partial charge in [0.1, 0.15) is 29.7 Å². The number of phenols is 2. The molecule has 0 aliphatic carbocycles. The molecule has 8 heteroatoms. The summed E-state index contributed by atoms with van der Waals surface area (Å²) in [5.41, 5.74) is 0.343. The van der Waals surface area contributed by atoms with Crippen molar-refractivity contribution in [1.82, 2.24) is 10.2 Å². The molecule has 0 unspecified atom stereocenters. The zero-order valence-corrected chi connectivity index (χ0v) is 15.2. The SMILES string of the molecule is Oc1cccc(F)c1-c1c(Cl)c(O)c2c(c1Cl)OC[C@H]1CNCCN1C2. The first-order chi connectivity index (χ1) is 12.5. The summed E-state index contributed by atoms with van der Waals surface area (Å²) >= 11 is 12.9. The van der Waals surface area contributed by atoms with Crippen molar-refractivity contribution in [1.29, 1.82) is 0 Å². The third-order valence-electron chi connectivity index (χ3n) is 4.90. The lowest BCUT2D eigenvalue weighted by Crippen LogP contribution is -2.52. The maximum Gasteiger partial charge on any atom is 0.146 e. The molecule has 0 radical (unpaired) electrons. The van der Waals surface area contributed by atoms with E-state index in [4.69, 9.17) is 27.9 Å². The lowest BCUT2D eigenvalue weighted by molar-refractivity contribution is 0.120. The summed E-state index contributed by atoms with van der Waals surface area (Å²) < 4.78 is 20.3. The summed E-state index contributed by atoms with van der Waals surface area (Å²) in [4.78, 5) is 2.19. The van der Waals surface area contributed by atoms with Crippen molar-refractivity contribution in [2.45, 2.75) is 12.6 Å². The van der Waals surface area contributed by atoms with Gasteiger partial charge in [0.2, 0.25) is 0 Å². The van der Waals surface area contributed by atoms with Crippen LogP contribution in [-0.2, 0) is 6.54 Å². The van der Waals surface area contributed by atoms with Crippen LogP contribution in [0, 0.1) is 5.82 Å². The minimum Gasteiger partial charge on any atom is -0.507 e. The molecule has 0 saturated carbocycles. The monoisotopic (exact) mass is 398 g/mol. The van der Waals surface area contributed by atoms with Crippen LogP contribution >= 0.6 is 23.2 Å². The number of halogens is 3. The van der Waals surface area contributed by atoms with Gasteiger partial charge >= 0.3 is 0 Å². The number of hydrogen-bond donors (Lipinski definition) is 3. The molecule has 0 spiro atoms. The highest BCUT2D eigenvalue weighted by atomic mass is 35.5. The molecule has 2 aliphatic heterocycles. The largest absolute Gasteiger partial charge is 0.507 e. The van der Waals surface area contributed by atoms with Gasteiger partial charge in [-0.05, 0) is 12.1 Å². The Morgan fingerprint density at radius 2 is 2.00 bits per heavy atom. The van der Waals surface area contributed by atoms with Crippen LogP contribution in [0.4, 0.5) is 4.39 Å². The number of piperazine rings is 1. The molecule has 3 N–H and O–H groups in total. The zero-order chi connectivity index (χ0) is 18.4. The van der Waals surface area contributed by atoms with E-state index >= 15 is 0 Å². The molecule has 5 nitrogen and oxygen atoms in total. The fourth-order valence-electron chi connectivity index (χ4n) is 3.54. The Hall–Kier alpha value is -1.73. The lowest BCUT2D eigenvalue weighted by Gasteiger charge is -2.33. The van der Waals surface area contributed by atoms with Crippen molar-refractivity contribution >= 4 is 23.2 Å². The van der Waals surface area contributed by atoms with E-state index in [1.54, 1.807) is 0 Å². The van der Waals surface area contributed by atoms with Gasteiger partial charge in [0, 0.05) is 31.7 Å². The van der Waals surface area contributed by atoms with E-state index in [0.29, 0.717) is 18.7 Å². The Morgan fingerprint density at radius 1 is 1.19 bits per heavy atom. The number of phenolic OH excluding ortho intramolecular Hbond substituents is 2. The normalized spacial score (nSPS) is 20.0. The average molecular weight is 399 g/mol. The third-order valence-corrected chi connectivity index (χ3v) is 5.63. The van der Waals surface area contributed by atoms with Crippen LogP contribution in [0.5, 0.6) is 17.2 Å². The van der Waals surface area contributed by atoms with E-state index in [-0.39, 0.29) is 44.5 Å². The predicted octanol–water partition coefficient (Wildman–Crippen LogP) is 3.38. The summed E-state index contributed by atoms with van der Waals surface area (Å²) in [5, 5.41) is 24.1. The molecule has 2 aliphatic rings. The number of nitrogens with one attached hydrogen (secondary N) is 1. The summed E-state index contributed by atoms with van der Waals surface area (Å²) in [7, 11) is 0. The quantitative estimate of drug-likeness (QED) is 0.687. The van der Waals surface area contributed by atoms with Crippen molar-refractivity contribution in [2.75, 3.05) is 26.2 Å². The Bertz CT molecular complexity index is 858. The lowest BCUT2D eigenvalue weighted by atomic mass is 9.99. The van der Waals surface area contributed by atoms with E-state index in [9.17, 15) is 14.6 Å². The number of ether oxygens (including phenoxy) is 1. The standard InChI is InChI=1S/C18H17Cl2FN2O3/c19-15-14(13-11(21)2-1-3-12(13)24)16(20)18-10(17(15)25)7-23-5-4-22-6-9(23)8-26-18/h1-3,9,22,24-25H,4-8H2/t9-/m1/s1. The first-order valence-corrected chi connectivity index (χ1v) is 9.02. The molecule has 0 bridgehead atoms. The van der Waals surface area contributed by atoms with Gasteiger partial charge in [0.15, 0.2) is 0 Å². The highest BCUT2D eigenvalue weighted by molar-refractivity contribution is 6.41. The maximum absolute atomic E-state index is 14.4. The Balaban J connectivity index is 1.90. The molecule has 4 rings (SSSR count). The van der Waals surface area contributed by atoms with E-state index in [2.05, 4.69) is 10.2 Å². The minimum absolute atomic E-state index is 0.0261. The number of hydrogen-bond acceptors (Lipinski definition) is 5. The van der Waals surface area contributed by atoms with E-state index in [0.717, 1.165) is 19.6 Å². The zero-order valence-electron chi connectivity index (χ0n) is 13.7. The van der Waals surface area contributed by atoms with E-state index in [1.165, 1.54) is 18.2 Å². The van der Waals surface area contributed by atoms with Gasteiger partial charge in [-0.2, -0.15) is 0 Å². The molecular weight excluding hydrogens is 382 g/mol. The van der Waals surface area contributed by atoms with Gasteiger partial charge in [-0.15, -0.1) is 0 Å². The van der Waals surface area contributed by atoms with Crippen LogP contribution < -0.4 is 10.1 Å². The van der Waals surface area contributed by atoms with Crippen molar-refractivity contribution in [3.63, 3.8) is 0 Å². The molecule has 138 valence electrons. The molecule has 26 heavy (non-hydrogen) atoms. The van der Waals surface area contributed by atoms with Crippen LogP contribution in [0.3, 0.4) is 0 Å². The van der Waals surface area contributed by atoms with Crippen LogP contribution in [0.25, 0.3) is 11.1 Å². The Kier molecular flexibility index (Phi) is 4.61. The van der Waals surface area contributed by atoms with Crippen molar-refractivity contribution in [3.8, 4) is 28.4 Å². The molecule has 0 amide bonds. The van der Waals surface area contributed by atoms with E-state index in [1.807, 2.05) is 0 Å². The molecule has 1 atom stereocenters. The van der Waals surface area contributed by atoms with Crippen molar-refractivity contribution < 1.29 is 19.3 Å². The Morgan fingerprint density at radius 3 is 2.77 bits per heavy atom. The highest BCUT2D eigenvalue weighted by Crippen LogP contribution is 2.52. The first kappa shape index (κ1) is 17.7. The van der Waals surface area contributed by atoms with E-state index < -0.39 is 5.82 Å². The van der Waals surface area contributed by atoms with Crippen LogP contribution in [0.15, 0.2) is 18.2 Å². The first-order valence-electron chi connectivity index (χ1n) is 8.27. The second-order valence-electron chi connectivity index (χ2n) is 6.43. The minimum atomic E-state index is -0.691. The van der Waals surface area contributed by atoms with Gasteiger partial charge in [-0.3, -0.25) is 4.90 Å². The molecule has 1 fully saturated rings. The topological polar surface area (TPSA) is 65.0 Å². The van der Waals surface area contributed by atoms with Gasteiger partial charge < -0.3 is 20.3 Å². The summed E-state index contributed by atoms with van der Waals surface area (Å²) in [6, 6.07) is 4.04.